The van der Waals surface area contributed by atoms with Crippen molar-refractivity contribution >= 4 is 27.5 Å². The third-order valence-corrected chi connectivity index (χ3v) is 7.74. The Bertz CT molecular complexity index is 1290. The van der Waals surface area contributed by atoms with Gasteiger partial charge in [-0.3, -0.25) is 0 Å². The Morgan fingerprint density at radius 2 is 1.60 bits per heavy atom. The second kappa shape index (κ2) is 10.0. The van der Waals surface area contributed by atoms with Crippen LogP contribution in [-0.4, -0.2) is 32.2 Å². The Labute approximate surface area is 211 Å². The van der Waals surface area contributed by atoms with Crippen LogP contribution in [0.5, 0.6) is 0 Å². The van der Waals surface area contributed by atoms with E-state index in [1.54, 1.807) is 11.3 Å². The predicted molar refractivity (Wildman–Crippen MR) is 144 cm³/mol. The lowest BCUT2D eigenvalue weighted by Gasteiger charge is -2.26. The van der Waals surface area contributed by atoms with Gasteiger partial charge in [0.25, 0.3) is 0 Å². The number of aliphatic hydroxyl groups is 1. The molecule has 1 fully saturated rings. The first-order valence-corrected chi connectivity index (χ1v) is 13.4. The number of aliphatic hydroxyl groups excluding tert-OH is 1. The summed E-state index contributed by atoms with van der Waals surface area (Å²) >= 11 is 1.75. The minimum Gasteiger partial charge on any atom is -0.393 e. The maximum atomic E-state index is 9.87. The van der Waals surface area contributed by atoms with E-state index in [1.807, 2.05) is 6.07 Å². The number of thiazole rings is 1. The average molecular weight is 487 g/mol. The maximum Gasteiger partial charge on any atom is 0.223 e. The van der Waals surface area contributed by atoms with Gasteiger partial charge in [0.2, 0.25) is 5.95 Å². The largest absolute Gasteiger partial charge is 0.393 e. The van der Waals surface area contributed by atoms with Gasteiger partial charge in [-0.1, -0.05) is 57.2 Å². The Morgan fingerprint density at radius 3 is 2.31 bits per heavy atom. The van der Waals surface area contributed by atoms with Gasteiger partial charge in [-0.25, -0.2) is 15.0 Å². The number of anilines is 1. The number of nitrogens with one attached hydrogen (secondary N) is 1. The summed E-state index contributed by atoms with van der Waals surface area (Å²) in [6.07, 6.45) is 4.82. The molecule has 35 heavy (non-hydrogen) atoms. The fourth-order valence-corrected chi connectivity index (χ4v) is 5.70. The van der Waals surface area contributed by atoms with Crippen molar-refractivity contribution in [3.63, 3.8) is 0 Å². The molecule has 0 aliphatic heterocycles. The van der Waals surface area contributed by atoms with E-state index in [2.05, 4.69) is 74.6 Å². The summed E-state index contributed by atoms with van der Waals surface area (Å²) in [6.45, 7) is 6.73. The van der Waals surface area contributed by atoms with E-state index in [0.29, 0.717) is 18.4 Å². The maximum absolute atomic E-state index is 9.87. The van der Waals surface area contributed by atoms with Crippen molar-refractivity contribution in [3.8, 4) is 0 Å². The third kappa shape index (κ3) is 6.06. The lowest BCUT2D eigenvalue weighted by molar-refractivity contribution is 0.126. The van der Waals surface area contributed by atoms with Gasteiger partial charge in [0.05, 0.1) is 32.7 Å². The Balaban J connectivity index is 1.42. The van der Waals surface area contributed by atoms with Gasteiger partial charge in [-0.15, -0.1) is 11.3 Å². The van der Waals surface area contributed by atoms with E-state index < -0.39 is 0 Å². The standard InChI is InChI=1S/C29H34N4OS/c1-29(2,3)20-9-14-25-26(16-20)35-27(33-25)18-23-17-22(15-19-7-5-4-6-8-19)31-28(32-23)30-21-10-12-24(34)13-11-21/h4-9,14,16-17,21,24,34H,10-13,15,18H2,1-3H3,(H,30,31,32). The molecule has 4 aromatic rings. The number of hydrogen-bond acceptors (Lipinski definition) is 6. The zero-order valence-corrected chi connectivity index (χ0v) is 21.6. The highest BCUT2D eigenvalue weighted by atomic mass is 32.1. The van der Waals surface area contributed by atoms with Gasteiger partial charge >= 0.3 is 0 Å². The van der Waals surface area contributed by atoms with Gasteiger partial charge in [-0.2, -0.15) is 0 Å². The molecule has 1 saturated carbocycles. The van der Waals surface area contributed by atoms with Crippen LogP contribution in [0.2, 0.25) is 0 Å². The minimum absolute atomic E-state index is 0.118. The van der Waals surface area contributed by atoms with Crippen molar-refractivity contribution in [3.05, 3.63) is 82.1 Å². The highest BCUT2D eigenvalue weighted by Gasteiger charge is 2.21. The van der Waals surface area contributed by atoms with Crippen LogP contribution in [0.3, 0.4) is 0 Å². The molecule has 2 heterocycles. The smallest absolute Gasteiger partial charge is 0.223 e. The predicted octanol–water partition coefficient (Wildman–Crippen LogP) is 6.28. The number of hydrogen-bond donors (Lipinski definition) is 2. The molecule has 1 aliphatic rings. The molecule has 2 N–H and O–H groups in total. The SMILES string of the molecule is CC(C)(C)c1ccc2nc(Cc3cc(Cc4ccccc4)nc(NC4CCC(O)CC4)n3)sc2c1. The van der Waals surface area contributed by atoms with E-state index in [1.165, 1.54) is 15.8 Å². The van der Waals surface area contributed by atoms with Crippen molar-refractivity contribution in [1.29, 1.82) is 0 Å². The highest BCUT2D eigenvalue weighted by molar-refractivity contribution is 7.18. The van der Waals surface area contributed by atoms with Crippen LogP contribution < -0.4 is 5.32 Å². The normalized spacial score (nSPS) is 18.6. The van der Waals surface area contributed by atoms with Crippen LogP contribution in [0.1, 0.15) is 74.0 Å². The molecule has 0 bridgehead atoms. The number of benzene rings is 2. The first-order chi connectivity index (χ1) is 16.8. The van der Waals surface area contributed by atoms with Crippen molar-refractivity contribution < 1.29 is 5.11 Å². The van der Waals surface area contributed by atoms with Crippen LogP contribution in [0.15, 0.2) is 54.6 Å². The van der Waals surface area contributed by atoms with Crippen LogP contribution in [0, 0.1) is 0 Å². The van der Waals surface area contributed by atoms with Crippen molar-refractivity contribution in [1.82, 2.24) is 15.0 Å². The number of rotatable bonds is 6. The summed E-state index contributed by atoms with van der Waals surface area (Å²) < 4.78 is 1.23. The molecule has 0 radical (unpaired) electrons. The van der Waals surface area contributed by atoms with Crippen LogP contribution in [0.4, 0.5) is 5.95 Å². The Kier molecular flexibility index (Phi) is 6.85. The first kappa shape index (κ1) is 23.9. The van der Waals surface area contributed by atoms with E-state index in [4.69, 9.17) is 15.0 Å². The zero-order valence-electron chi connectivity index (χ0n) is 20.8. The Morgan fingerprint density at radius 1 is 0.886 bits per heavy atom. The van der Waals surface area contributed by atoms with Crippen LogP contribution in [-0.2, 0) is 18.3 Å². The summed E-state index contributed by atoms with van der Waals surface area (Å²) in [5.74, 6) is 0.686. The minimum atomic E-state index is -0.174. The quantitative estimate of drug-likeness (QED) is 0.336. The van der Waals surface area contributed by atoms with E-state index in [0.717, 1.165) is 54.0 Å². The molecule has 0 unspecified atom stereocenters. The molecule has 1 aliphatic carbocycles. The van der Waals surface area contributed by atoms with Crippen molar-refractivity contribution in [2.45, 2.75) is 76.9 Å². The molecular weight excluding hydrogens is 452 g/mol. The molecule has 0 spiro atoms. The fourth-order valence-electron chi connectivity index (χ4n) is 4.68. The summed E-state index contributed by atoms with van der Waals surface area (Å²) in [5, 5.41) is 14.5. The lowest BCUT2D eigenvalue weighted by atomic mass is 9.87. The molecule has 2 aromatic heterocycles. The zero-order chi connectivity index (χ0) is 24.4. The van der Waals surface area contributed by atoms with E-state index in [-0.39, 0.29) is 11.5 Å². The highest BCUT2D eigenvalue weighted by Crippen LogP contribution is 2.30. The van der Waals surface area contributed by atoms with E-state index >= 15 is 0 Å². The number of aromatic nitrogens is 3. The van der Waals surface area contributed by atoms with Gasteiger partial charge in [0.15, 0.2) is 0 Å². The summed E-state index contributed by atoms with van der Waals surface area (Å²) in [7, 11) is 0. The third-order valence-electron chi connectivity index (χ3n) is 6.72. The molecule has 0 atom stereocenters. The van der Waals surface area contributed by atoms with Gasteiger partial charge < -0.3 is 10.4 Å². The van der Waals surface area contributed by atoms with Gasteiger partial charge in [0.1, 0.15) is 0 Å². The summed E-state index contributed by atoms with van der Waals surface area (Å²) in [4.78, 5) is 14.7. The van der Waals surface area contributed by atoms with Crippen LogP contribution >= 0.6 is 11.3 Å². The van der Waals surface area contributed by atoms with Crippen molar-refractivity contribution in [2.75, 3.05) is 5.32 Å². The molecule has 0 saturated heterocycles. The molecule has 0 amide bonds. The van der Waals surface area contributed by atoms with Gasteiger partial charge in [0, 0.05) is 18.9 Å². The summed E-state index contributed by atoms with van der Waals surface area (Å²) in [5.41, 5.74) is 5.73. The number of nitrogens with zero attached hydrogens (tertiary/aromatic N) is 3. The molecule has 6 heteroatoms. The topological polar surface area (TPSA) is 70.9 Å². The second-order valence-electron chi connectivity index (χ2n) is 10.7. The number of fused-ring (bicyclic) bond motifs is 1. The van der Waals surface area contributed by atoms with E-state index in [9.17, 15) is 5.11 Å². The monoisotopic (exact) mass is 486 g/mol. The molecule has 182 valence electrons. The lowest BCUT2D eigenvalue weighted by Crippen LogP contribution is -2.29. The fraction of sp³-hybridized carbons (Fsp3) is 0.414. The molecule has 2 aromatic carbocycles. The first-order valence-electron chi connectivity index (χ1n) is 12.6. The van der Waals surface area contributed by atoms with Crippen molar-refractivity contribution in [2.24, 2.45) is 0 Å². The molecule has 5 rings (SSSR count). The van der Waals surface area contributed by atoms with Crippen LogP contribution in [0.25, 0.3) is 10.2 Å². The van der Waals surface area contributed by atoms with Gasteiger partial charge in [-0.05, 0) is 60.4 Å². The summed E-state index contributed by atoms with van der Waals surface area (Å²) in [6, 6.07) is 19.5. The molecule has 5 nitrogen and oxygen atoms in total. The Hall–Kier alpha value is -2.83. The molecular formula is C29H34N4OS. The second-order valence-corrected chi connectivity index (χ2v) is 11.8. The average Bonchev–Trinajstić information content (AvgIpc) is 3.22.